The summed E-state index contributed by atoms with van der Waals surface area (Å²) < 4.78 is 18.1. The van der Waals surface area contributed by atoms with E-state index in [1.807, 2.05) is 11.0 Å². The van der Waals surface area contributed by atoms with Gasteiger partial charge in [-0.2, -0.15) is 0 Å². The molecule has 0 saturated heterocycles. The van der Waals surface area contributed by atoms with Gasteiger partial charge in [-0.15, -0.1) is 0 Å². The number of halogens is 1. The Labute approximate surface area is 146 Å². The molecule has 0 amide bonds. The van der Waals surface area contributed by atoms with Crippen LogP contribution in [-0.4, -0.2) is 41.8 Å². The Kier molecular flexibility index (Phi) is 5.74. The molecule has 0 aliphatic rings. The van der Waals surface area contributed by atoms with E-state index in [0.717, 1.165) is 5.56 Å². The van der Waals surface area contributed by atoms with Gasteiger partial charge in [0.2, 0.25) is 0 Å². The molecule has 1 heterocycles. The van der Waals surface area contributed by atoms with Gasteiger partial charge in [-0.3, -0.25) is 9.69 Å². The van der Waals surface area contributed by atoms with Crippen LogP contribution in [0, 0.1) is 19.7 Å². The summed E-state index contributed by atoms with van der Waals surface area (Å²) in [6.45, 7) is 5.68. The van der Waals surface area contributed by atoms with Gasteiger partial charge in [0.25, 0.3) is 0 Å². The number of aryl methyl sites for hydroxylation is 1. The van der Waals surface area contributed by atoms with Crippen LogP contribution in [0.5, 0.6) is 0 Å². The predicted molar refractivity (Wildman–Crippen MR) is 93.3 cm³/mol. The molecule has 1 aromatic heterocycles. The average Bonchev–Trinajstić information content (AvgIpc) is 2.87. The number of methoxy groups -OCH3 is 1. The van der Waals surface area contributed by atoms with Crippen LogP contribution in [0.2, 0.25) is 0 Å². The van der Waals surface area contributed by atoms with Crippen LogP contribution in [0.1, 0.15) is 44.6 Å². The van der Waals surface area contributed by atoms with Crippen molar-refractivity contribution in [2.45, 2.75) is 33.4 Å². The summed E-state index contributed by atoms with van der Waals surface area (Å²) in [5.41, 5.74) is 2.77. The zero-order valence-corrected chi connectivity index (χ0v) is 15.1. The monoisotopic (exact) mass is 346 g/mol. The van der Waals surface area contributed by atoms with E-state index < -0.39 is 12.0 Å². The van der Waals surface area contributed by atoms with E-state index in [2.05, 4.69) is 4.98 Å². The molecule has 1 aromatic carbocycles. The molecule has 6 heteroatoms. The lowest BCUT2D eigenvalue weighted by molar-refractivity contribution is 0.0599. The number of H-pyrrole nitrogens is 1. The maximum Gasteiger partial charge on any atom is 0.339 e. The molecule has 0 fully saturated rings. The largest absolute Gasteiger partial charge is 0.465 e. The number of esters is 1. The Bertz CT molecular complexity index is 798. The van der Waals surface area contributed by atoms with Crippen molar-refractivity contribution in [2.75, 3.05) is 14.2 Å². The molecule has 1 N–H and O–H groups in total. The predicted octanol–water partition coefficient (Wildman–Crippen LogP) is 3.26. The number of carbonyl (C=O) groups excluding carboxylic acids is 2. The number of likely N-dealkylation sites (N-methyl/N-ethyl adjacent to an activating group) is 1. The minimum atomic E-state index is -0.467. The minimum Gasteiger partial charge on any atom is -0.465 e. The highest BCUT2D eigenvalue weighted by Crippen LogP contribution is 2.21. The molecule has 134 valence electrons. The van der Waals surface area contributed by atoms with Gasteiger partial charge in [0.1, 0.15) is 5.82 Å². The molecule has 0 aliphatic carbocycles. The lowest BCUT2D eigenvalue weighted by Gasteiger charge is -2.23. The van der Waals surface area contributed by atoms with E-state index in [-0.39, 0.29) is 11.6 Å². The fourth-order valence-corrected chi connectivity index (χ4v) is 2.87. The third-order valence-corrected chi connectivity index (χ3v) is 4.44. The molecule has 0 unspecified atom stereocenters. The lowest BCUT2D eigenvalue weighted by Crippen LogP contribution is -2.36. The first kappa shape index (κ1) is 18.9. The average molecular weight is 346 g/mol. The summed E-state index contributed by atoms with van der Waals surface area (Å²) in [6.07, 6.45) is 0. The van der Waals surface area contributed by atoms with E-state index in [4.69, 9.17) is 4.74 Å². The molecule has 25 heavy (non-hydrogen) atoms. The number of carbonyl (C=O) groups is 2. The molecule has 0 radical (unpaired) electrons. The summed E-state index contributed by atoms with van der Waals surface area (Å²) in [6, 6.07) is 5.86. The number of rotatable bonds is 6. The topological polar surface area (TPSA) is 62.4 Å². The number of hydrogen-bond donors (Lipinski definition) is 1. The Morgan fingerprint density at radius 1 is 1.32 bits per heavy atom. The van der Waals surface area contributed by atoms with Crippen molar-refractivity contribution in [2.24, 2.45) is 0 Å². The van der Waals surface area contributed by atoms with Crippen molar-refractivity contribution in [1.82, 2.24) is 9.88 Å². The maximum atomic E-state index is 13.3. The Morgan fingerprint density at radius 2 is 2.00 bits per heavy atom. The van der Waals surface area contributed by atoms with E-state index in [1.54, 1.807) is 33.9 Å². The van der Waals surface area contributed by atoms with Crippen LogP contribution < -0.4 is 0 Å². The van der Waals surface area contributed by atoms with Crippen molar-refractivity contribution < 1.29 is 18.7 Å². The fourth-order valence-electron chi connectivity index (χ4n) is 2.87. The number of Topliss-reactive ketones (excluding diaryl/α,β-unsaturated/α-hetero) is 1. The van der Waals surface area contributed by atoms with Crippen molar-refractivity contribution in [3.63, 3.8) is 0 Å². The summed E-state index contributed by atoms with van der Waals surface area (Å²) in [4.78, 5) is 29.5. The molecule has 2 aromatic rings. The quantitative estimate of drug-likeness (QED) is 0.644. The van der Waals surface area contributed by atoms with E-state index >= 15 is 0 Å². The number of ether oxygens (including phenoxy) is 1. The fraction of sp³-hybridized carbons (Fsp3) is 0.368. The third kappa shape index (κ3) is 3.96. The van der Waals surface area contributed by atoms with Crippen molar-refractivity contribution >= 4 is 11.8 Å². The number of ketones is 1. The van der Waals surface area contributed by atoms with Crippen LogP contribution in [0.15, 0.2) is 24.3 Å². The number of nitrogens with zero attached hydrogens (tertiary/aromatic N) is 1. The molecule has 0 bridgehead atoms. The molecular weight excluding hydrogens is 323 g/mol. The third-order valence-electron chi connectivity index (χ3n) is 4.44. The highest BCUT2D eigenvalue weighted by Gasteiger charge is 2.27. The molecule has 2 rings (SSSR count). The van der Waals surface area contributed by atoms with Gasteiger partial charge in [-0.25, -0.2) is 9.18 Å². The zero-order chi connectivity index (χ0) is 18.7. The van der Waals surface area contributed by atoms with Crippen molar-refractivity contribution in [1.29, 1.82) is 0 Å². The first-order valence-corrected chi connectivity index (χ1v) is 8.02. The second-order valence-electron chi connectivity index (χ2n) is 6.20. The minimum absolute atomic E-state index is 0.130. The first-order chi connectivity index (χ1) is 11.8. The van der Waals surface area contributed by atoms with E-state index in [9.17, 15) is 14.0 Å². The normalized spacial score (nSPS) is 12.3. The molecular formula is C19H23FN2O3. The summed E-state index contributed by atoms with van der Waals surface area (Å²) in [5, 5.41) is 0. The molecule has 0 saturated carbocycles. The SMILES string of the molecule is COC(=O)c1c(C)[nH]c(C(=O)[C@H](C)N(C)Cc2cccc(F)c2)c1C. The Hall–Kier alpha value is -2.47. The molecule has 0 aliphatic heterocycles. The van der Waals surface area contributed by atoms with Gasteiger partial charge < -0.3 is 9.72 Å². The highest BCUT2D eigenvalue weighted by atomic mass is 19.1. The maximum absolute atomic E-state index is 13.3. The van der Waals surface area contributed by atoms with E-state index in [0.29, 0.717) is 29.1 Å². The van der Waals surface area contributed by atoms with Gasteiger partial charge in [-0.1, -0.05) is 12.1 Å². The molecule has 5 nitrogen and oxygen atoms in total. The first-order valence-electron chi connectivity index (χ1n) is 8.02. The zero-order valence-electron chi connectivity index (χ0n) is 15.1. The van der Waals surface area contributed by atoms with Crippen LogP contribution in [0.4, 0.5) is 4.39 Å². The van der Waals surface area contributed by atoms with Crippen molar-refractivity contribution in [3.05, 3.63) is 58.2 Å². The van der Waals surface area contributed by atoms with Crippen LogP contribution in [0.3, 0.4) is 0 Å². The smallest absolute Gasteiger partial charge is 0.339 e. The molecule has 1 atom stereocenters. The summed E-state index contributed by atoms with van der Waals surface area (Å²) in [7, 11) is 3.12. The van der Waals surface area contributed by atoms with Crippen LogP contribution in [-0.2, 0) is 11.3 Å². The highest BCUT2D eigenvalue weighted by molar-refractivity contribution is 6.03. The number of nitrogens with one attached hydrogen (secondary N) is 1. The lowest BCUT2D eigenvalue weighted by atomic mass is 10.0. The van der Waals surface area contributed by atoms with Crippen molar-refractivity contribution in [3.8, 4) is 0 Å². The van der Waals surface area contributed by atoms with Crippen LogP contribution in [0.25, 0.3) is 0 Å². The van der Waals surface area contributed by atoms with E-state index in [1.165, 1.54) is 19.2 Å². The van der Waals surface area contributed by atoms with Gasteiger partial charge in [-0.05, 0) is 51.1 Å². The number of aromatic amines is 1. The van der Waals surface area contributed by atoms with Gasteiger partial charge in [0.15, 0.2) is 5.78 Å². The number of benzene rings is 1. The van der Waals surface area contributed by atoms with Crippen LogP contribution >= 0.6 is 0 Å². The number of hydrogen-bond acceptors (Lipinski definition) is 4. The Morgan fingerprint density at radius 3 is 2.60 bits per heavy atom. The second-order valence-corrected chi connectivity index (χ2v) is 6.20. The summed E-state index contributed by atoms with van der Waals surface area (Å²) in [5.74, 6) is -0.899. The van der Waals surface area contributed by atoms with Gasteiger partial charge in [0.05, 0.1) is 24.4 Å². The summed E-state index contributed by atoms with van der Waals surface area (Å²) >= 11 is 0. The van der Waals surface area contributed by atoms with Gasteiger partial charge >= 0.3 is 5.97 Å². The second kappa shape index (κ2) is 7.61. The van der Waals surface area contributed by atoms with Gasteiger partial charge in [0, 0.05) is 12.2 Å². The standard InChI is InChI=1S/C19H23FN2O3/c1-11-16(19(24)25-5)12(2)21-17(11)18(23)13(3)22(4)10-14-7-6-8-15(20)9-14/h6-9,13,21H,10H2,1-5H3/t13-/m0/s1. The molecule has 0 spiro atoms. The Balaban J connectivity index is 2.21. The number of aromatic nitrogens is 1.